The molecular weight excluding hydrogens is 402 g/mol. The van der Waals surface area contributed by atoms with E-state index in [9.17, 15) is 10.1 Å². The number of rotatable bonds is 6. The third kappa shape index (κ3) is 4.24. The van der Waals surface area contributed by atoms with Gasteiger partial charge in [0.2, 0.25) is 5.91 Å². The molecule has 0 saturated carbocycles. The smallest absolute Gasteiger partial charge is 0.228 e. The summed E-state index contributed by atoms with van der Waals surface area (Å²) in [7, 11) is 0. The number of nitriles is 1. The van der Waals surface area contributed by atoms with E-state index in [0.29, 0.717) is 16.6 Å². The number of hydrogen-bond acceptors (Lipinski definition) is 5. The fourth-order valence-electron chi connectivity index (χ4n) is 2.88. The van der Waals surface area contributed by atoms with Crippen LogP contribution in [0.3, 0.4) is 0 Å². The van der Waals surface area contributed by atoms with Gasteiger partial charge in [-0.25, -0.2) is 4.98 Å². The van der Waals surface area contributed by atoms with Crippen molar-refractivity contribution in [2.75, 3.05) is 11.9 Å². The van der Waals surface area contributed by atoms with Crippen LogP contribution in [-0.4, -0.2) is 27.3 Å². The average molecular weight is 418 g/mol. The van der Waals surface area contributed by atoms with E-state index < -0.39 is 0 Å². The fraction of sp³-hybridized carbons (Fsp3) is 0.0909. The number of benzene rings is 2. The second-order valence-corrected chi connectivity index (χ2v) is 6.83. The molecule has 4 rings (SSSR count). The Bertz CT molecular complexity index is 1240. The second-order valence-electron chi connectivity index (χ2n) is 6.39. The summed E-state index contributed by atoms with van der Waals surface area (Å²) in [5.41, 5.74) is 1.04. The number of para-hydroxylation sites is 1. The highest BCUT2D eigenvalue weighted by molar-refractivity contribution is 6.30. The Morgan fingerprint density at radius 1 is 1.13 bits per heavy atom. The summed E-state index contributed by atoms with van der Waals surface area (Å²) in [6.45, 7) is 0.178. The first-order valence-electron chi connectivity index (χ1n) is 9.16. The molecule has 0 bridgehead atoms. The van der Waals surface area contributed by atoms with Gasteiger partial charge in [0.1, 0.15) is 17.4 Å². The molecule has 1 N–H and O–H groups in total. The molecule has 4 aromatic rings. The van der Waals surface area contributed by atoms with Gasteiger partial charge in [0.25, 0.3) is 0 Å². The van der Waals surface area contributed by atoms with Crippen molar-refractivity contribution in [3.05, 3.63) is 77.4 Å². The SMILES string of the molecule is N#Cc1cnn(-c2ccc3ccccc3n2)c1NC(=O)CCOc1ccc(Cl)cc1. The maximum absolute atomic E-state index is 12.4. The van der Waals surface area contributed by atoms with Crippen molar-refractivity contribution in [3.8, 4) is 17.6 Å². The Balaban J connectivity index is 1.49. The number of anilines is 1. The average Bonchev–Trinajstić information content (AvgIpc) is 3.17. The van der Waals surface area contributed by atoms with Gasteiger partial charge in [-0.3, -0.25) is 4.79 Å². The molecule has 0 aliphatic carbocycles. The summed E-state index contributed by atoms with van der Waals surface area (Å²) in [6.07, 6.45) is 1.50. The molecule has 7 nitrogen and oxygen atoms in total. The molecule has 30 heavy (non-hydrogen) atoms. The molecular formula is C22H16ClN5O2. The molecule has 2 aromatic carbocycles. The summed E-state index contributed by atoms with van der Waals surface area (Å²) in [5, 5.41) is 18.0. The molecule has 8 heteroatoms. The Morgan fingerprint density at radius 3 is 2.73 bits per heavy atom. The third-order valence-corrected chi connectivity index (χ3v) is 4.61. The summed E-state index contributed by atoms with van der Waals surface area (Å²) in [6, 6.07) is 20.3. The van der Waals surface area contributed by atoms with Crippen LogP contribution in [0.15, 0.2) is 66.9 Å². The van der Waals surface area contributed by atoms with E-state index >= 15 is 0 Å². The summed E-state index contributed by atoms with van der Waals surface area (Å²) in [5.74, 6) is 1.10. The molecule has 1 amide bonds. The Labute approximate surface area is 177 Å². The van der Waals surface area contributed by atoms with E-state index in [1.807, 2.05) is 36.4 Å². The second kappa shape index (κ2) is 8.64. The molecule has 0 aliphatic rings. The molecule has 2 heterocycles. The fourth-order valence-corrected chi connectivity index (χ4v) is 3.01. The minimum Gasteiger partial charge on any atom is -0.493 e. The molecule has 0 spiro atoms. The Hall–Kier alpha value is -3.89. The number of ether oxygens (including phenoxy) is 1. The number of aromatic nitrogens is 3. The zero-order valence-electron chi connectivity index (χ0n) is 15.7. The molecule has 0 saturated heterocycles. The van der Waals surface area contributed by atoms with Crippen LogP contribution >= 0.6 is 11.6 Å². The first-order chi connectivity index (χ1) is 14.6. The van der Waals surface area contributed by atoms with Crippen LogP contribution in [0.5, 0.6) is 5.75 Å². The number of nitrogens with one attached hydrogen (secondary N) is 1. The van der Waals surface area contributed by atoms with Gasteiger partial charge < -0.3 is 10.1 Å². The number of hydrogen-bond donors (Lipinski definition) is 1. The van der Waals surface area contributed by atoms with Crippen LogP contribution in [-0.2, 0) is 4.79 Å². The third-order valence-electron chi connectivity index (χ3n) is 4.36. The monoisotopic (exact) mass is 417 g/mol. The van der Waals surface area contributed by atoms with Crippen LogP contribution < -0.4 is 10.1 Å². The molecule has 148 valence electrons. The maximum atomic E-state index is 12.4. The number of pyridine rings is 1. The zero-order chi connectivity index (χ0) is 20.9. The highest BCUT2D eigenvalue weighted by Crippen LogP contribution is 2.21. The highest BCUT2D eigenvalue weighted by Gasteiger charge is 2.16. The Morgan fingerprint density at radius 2 is 1.93 bits per heavy atom. The highest BCUT2D eigenvalue weighted by atomic mass is 35.5. The molecule has 0 fully saturated rings. The van der Waals surface area contributed by atoms with Crippen LogP contribution in [0.25, 0.3) is 16.7 Å². The minimum absolute atomic E-state index is 0.101. The van der Waals surface area contributed by atoms with Gasteiger partial charge in [-0.15, -0.1) is 0 Å². The number of nitrogens with zero attached hydrogens (tertiary/aromatic N) is 4. The molecule has 0 radical (unpaired) electrons. The lowest BCUT2D eigenvalue weighted by molar-refractivity contribution is -0.116. The van der Waals surface area contributed by atoms with Gasteiger partial charge in [0.05, 0.1) is 24.7 Å². The summed E-state index contributed by atoms with van der Waals surface area (Å²) >= 11 is 5.84. The molecule has 0 atom stereocenters. The number of halogens is 1. The standard InChI is InChI=1S/C22H16ClN5O2/c23-17-6-8-18(9-7-17)30-12-11-21(29)27-22-16(13-24)14-25-28(22)20-10-5-15-3-1-2-4-19(15)26-20/h1-10,14H,11-12H2,(H,27,29). The summed E-state index contributed by atoms with van der Waals surface area (Å²) in [4.78, 5) is 17.0. The van der Waals surface area contributed by atoms with Gasteiger partial charge in [-0.2, -0.15) is 15.0 Å². The topological polar surface area (TPSA) is 92.8 Å². The van der Waals surface area contributed by atoms with Crippen molar-refractivity contribution in [2.45, 2.75) is 6.42 Å². The van der Waals surface area contributed by atoms with Crippen molar-refractivity contribution in [3.63, 3.8) is 0 Å². The van der Waals surface area contributed by atoms with Crippen LogP contribution in [0.1, 0.15) is 12.0 Å². The van der Waals surface area contributed by atoms with Crippen molar-refractivity contribution in [1.82, 2.24) is 14.8 Å². The normalized spacial score (nSPS) is 10.5. The van der Waals surface area contributed by atoms with Gasteiger partial charge in [0, 0.05) is 10.4 Å². The number of amides is 1. The van der Waals surface area contributed by atoms with Crippen LogP contribution in [0, 0.1) is 11.3 Å². The van der Waals surface area contributed by atoms with Crippen LogP contribution in [0.4, 0.5) is 5.82 Å². The first-order valence-corrected chi connectivity index (χ1v) is 9.54. The van der Waals surface area contributed by atoms with Crippen molar-refractivity contribution >= 4 is 34.2 Å². The van der Waals surface area contributed by atoms with E-state index in [0.717, 1.165) is 10.9 Å². The quantitative estimate of drug-likeness (QED) is 0.503. The predicted molar refractivity (Wildman–Crippen MR) is 114 cm³/mol. The lowest BCUT2D eigenvalue weighted by atomic mass is 10.2. The van der Waals surface area contributed by atoms with E-state index in [2.05, 4.69) is 15.4 Å². The van der Waals surface area contributed by atoms with Gasteiger partial charge >= 0.3 is 0 Å². The van der Waals surface area contributed by atoms with E-state index in [-0.39, 0.29) is 30.3 Å². The van der Waals surface area contributed by atoms with E-state index in [1.165, 1.54) is 10.9 Å². The van der Waals surface area contributed by atoms with Crippen molar-refractivity contribution in [2.24, 2.45) is 0 Å². The summed E-state index contributed by atoms with van der Waals surface area (Å²) < 4.78 is 7.00. The predicted octanol–water partition coefficient (Wildman–Crippen LogP) is 4.35. The number of carbonyl (C=O) groups is 1. The lowest BCUT2D eigenvalue weighted by Crippen LogP contribution is -2.18. The first kappa shape index (κ1) is 19.4. The Kier molecular flexibility index (Phi) is 5.59. The molecule has 0 aliphatic heterocycles. The largest absolute Gasteiger partial charge is 0.493 e. The van der Waals surface area contributed by atoms with Gasteiger partial charge in [-0.05, 0) is 42.5 Å². The molecule has 0 unspecified atom stereocenters. The zero-order valence-corrected chi connectivity index (χ0v) is 16.5. The van der Waals surface area contributed by atoms with Gasteiger partial charge in [0.15, 0.2) is 11.6 Å². The van der Waals surface area contributed by atoms with Crippen LogP contribution in [0.2, 0.25) is 5.02 Å². The van der Waals surface area contributed by atoms with Crippen molar-refractivity contribution in [1.29, 1.82) is 5.26 Å². The number of fused-ring (bicyclic) bond motifs is 1. The minimum atomic E-state index is -0.303. The maximum Gasteiger partial charge on any atom is 0.228 e. The van der Waals surface area contributed by atoms with E-state index in [4.69, 9.17) is 16.3 Å². The molecule has 2 aromatic heterocycles. The van der Waals surface area contributed by atoms with Crippen molar-refractivity contribution < 1.29 is 9.53 Å². The van der Waals surface area contributed by atoms with E-state index in [1.54, 1.807) is 30.3 Å². The lowest BCUT2D eigenvalue weighted by Gasteiger charge is -2.10. The van der Waals surface area contributed by atoms with Gasteiger partial charge in [-0.1, -0.05) is 29.8 Å². The number of carbonyl (C=O) groups excluding carboxylic acids is 1.